The number of amides is 1. The number of thiophene rings is 1. The molecule has 0 atom stereocenters. The van der Waals surface area contributed by atoms with Crippen LogP contribution >= 0.6 is 23.1 Å². The van der Waals surface area contributed by atoms with Crippen LogP contribution in [0.2, 0.25) is 0 Å². The molecule has 3 rings (SSSR count). The highest BCUT2D eigenvalue weighted by molar-refractivity contribution is 7.99. The smallest absolute Gasteiger partial charge is 0.345 e. The van der Waals surface area contributed by atoms with Gasteiger partial charge >= 0.3 is 5.97 Å². The molecule has 1 aromatic rings. The largest absolute Gasteiger partial charge is 0.477 e. The molecular weight excluding hydrogens is 322 g/mol. The van der Waals surface area contributed by atoms with E-state index in [9.17, 15) is 14.7 Å². The van der Waals surface area contributed by atoms with Crippen molar-refractivity contribution in [3.05, 3.63) is 21.4 Å². The first-order valence-electron chi connectivity index (χ1n) is 7.33. The Kier molecular flexibility index (Phi) is 4.47. The molecule has 1 spiro atoms. The minimum Gasteiger partial charge on any atom is -0.477 e. The van der Waals surface area contributed by atoms with Crippen LogP contribution in [-0.4, -0.2) is 53.6 Å². The maximum absolute atomic E-state index is 12.0. The number of ether oxygens (including phenoxy) is 1. The normalized spacial score (nSPS) is 20.0. The lowest BCUT2D eigenvalue weighted by Crippen LogP contribution is -2.48. The van der Waals surface area contributed by atoms with Gasteiger partial charge < -0.3 is 14.7 Å². The molecule has 1 saturated heterocycles. The molecule has 0 saturated carbocycles. The van der Waals surface area contributed by atoms with Crippen LogP contribution in [0.25, 0.3) is 0 Å². The Bertz CT molecular complexity index is 590. The summed E-state index contributed by atoms with van der Waals surface area (Å²) in [5, 5.41) is 9.21. The minimum absolute atomic E-state index is 0.176. The first kappa shape index (κ1) is 15.8. The number of carbonyl (C=O) groups is 2. The minimum atomic E-state index is -0.873. The molecule has 22 heavy (non-hydrogen) atoms. The van der Waals surface area contributed by atoms with Gasteiger partial charge in [0, 0.05) is 24.4 Å². The van der Waals surface area contributed by atoms with Crippen molar-refractivity contribution in [3.8, 4) is 0 Å². The highest BCUT2D eigenvalue weighted by atomic mass is 32.2. The monoisotopic (exact) mass is 341 g/mol. The summed E-state index contributed by atoms with van der Waals surface area (Å²) in [6.07, 6.45) is 4.20. The maximum Gasteiger partial charge on any atom is 0.345 e. The number of carboxylic acid groups (broad SMARTS) is 1. The number of fused-ring (bicyclic) bond motifs is 2. The van der Waals surface area contributed by atoms with Crippen LogP contribution in [0.4, 0.5) is 0 Å². The van der Waals surface area contributed by atoms with E-state index < -0.39 is 11.6 Å². The zero-order chi connectivity index (χ0) is 15.7. The van der Waals surface area contributed by atoms with Crippen molar-refractivity contribution < 1.29 is 19.4 Å². The number of rotatable bonds is 3. The molecule has 5 nitrogen and oxygen atoms in total. The van der Waals surface area contributed by atoms with Gasteiger partial charge in [-0.05, 0) is 30.7 Å². The summed E-state index contributed by atoms with van der Waals surface area (Å²) >= 11 is 2.90. The van der Waals surface area contributed by atoms with Crippen LogP contribution in [0.3, 0.4) is 0 Å². The number of hydrogen-bond donors (Lipinski definition) is 1. The van der Waals surface area contributed by atoms with E-state index >= 15 is 0 Å². The molecule has 0 unspecified atom stereocenters. The van der Waals surface area contributed by atoms with Crippen LogP contribution in [0.1, 0.15) is 33.0 Å². The van der Waals surface area contributed by atoms with Gasteiger partial charge in [0.05, 0.1) is 18.0 Å². The molecule has 1 fully saturated rings. The molecule has 120 valence electrons. The molecule has 1 amide bonds. The van der Waals surface area contributed by atoms with Crippen molar-refractivity contribution >= 4 is 35.0 Å². The number of nitrogens with zero attached hydrogens (tertiary/aromatic N) is 1. The number of carboxylic acids is 1. The predicted molar refractivity (Wildman–Crippen MR) is 86.8 cm³/mol. The highest BCUT2D eigenvalue weighted by Crippen LogP contribution is 2.44. The molecule has 1 N–H and O–H groups in total. The average molecular weight is 341 g/mol. The molecule has 0 aromatic carbocycles. The number of hydrogen-bond acceptors (Lipinski definition) is 5. The van der Waals surface area contributed by atoms with Crippen LogP contribution in [0.15, 0.2) is 6.07 Å². The summed E-state index contributed by atoms with van der Waals surface area (Å²) in [7, 11) is 0. The Balaban J connectivity index is 1.79. The van der Waals surface area contributed by atoms with Gasteiger partial charge in [-0.25, -0.2) is 4.79 Å². The SMILES string of the molecule is CSCC(=O)N1CCC2(CC1)OCCc1sc(C(=O)O)cc12. The van der Waals surface area contributed by atoms with E-state index in [1.165, 1.54) is 23.1 Å². The number of thioether (sulfide) groups is 1. The fourth-order valence-corrected chi connectivity index (χ4v) is 4.77. The Labute approximate surface area is 137 Å². The van der Waals surface area contributed by atoms with Crippen LogP contribution in [-0.2, 0) is 21.6 Å². The highest BCUT2D eigenvalue weighted by Gasteiger charge is 2.43. The maximum atomic E-state index is 12.0. The van der Waals surface area contributed by atoms with Gasteiger partial charge in [0.2, 0.25) is 5.91 Å². The lowest BCUT2D eigenvalue weighted by atomic mass is 9.82. The molecule has 1 aromatic heterocycles. The van der Waals surface area contributed by atoms with Crippen molar-refractivity contribution in [1.82, 2.24) is 4.90 Å². The van der Waals surface area contributed by atoms with Crippen molar-refractivity contribution in [2.45, 2.75) is 24.9 Å². The molecular formula is C15H19NO4S2. The molecule has 2 aliphatic rings. The summed E-state index contributed by atoms with van der Waals surface area (Å²) in [6.45, 7) is 1.99. The van der Waals surface area contributed by atoms with E-state index in [0.717, 1.165) is 29.7 Å². The van der Waals surface area contributed by atoms with Crippen molar-refractivity contribution in [3.63, 3.8) is 0 Å². The number of carbonyl (C=O) groups excluding carboxylic acids is 1. The number of aromatic carboxylic acids is 1. The fourth-order valence-electron chi connectivity index (χ4n) is 3.27. The van der Waals surface area contributed by atoms with Gasteiger partial charge in [0.25, 0.3) is 0 Å². The third-order valence-corrected chi connectivity index (χ3v) is 6.13. The molecule has 0 bridgehead atoms. The average Bonchev–Trinajstić information content (AvgIpc) is 2.94. The van der Waals surface area contributed by atoms with Gasteiger partial charge in [-0.3, -0.25) is 4.79 Å². The molecule has 0 aliphatic carbocycles. The molecule has 3 heterocycles. The lowest BCUT2D eigenvalue weighted by Gasteiger charge is -2.44. The fraction of sp³-hybridized carbons (Fsp3) is 0.600. The van der Waals surface area contributed by atoms with Crippen LogP contribution < -0.4 is 0 Å². The summed E-state index contributed by atoms with van der Waals surface area (Å²) < 4.78 is 6.08. The van der Waals surface area contributed by atoms with Gasteiger partial charge in [0.15, 0.2) is 0 Å². The zero-order valence-corrected chi connectivity index (χ0v) is 14.1. The van der Waals surface area contributed by atoms with E-state index in [-0.39, 0.29) is 5.91 Å². The Morgan fingerprint density at radius 3 is 2.82 bits per heavy atom. The van der Waals surface area contributed by atoms with Gasteiger partial charge in [-0.2, -0.15) is 11.8 Å². The lowest BCUT2D eigenvalue weighted by molar-refractivity contribution is -0.137. The summed E-state index contributed by atoms with van der Waals surface area (Å²) in [5.41, 5.74) is 0.645. The predicted octanol–water partition coefficient (Wildman–Crippen LogP) is 2.20. The zero-order valence-electron chi connectivity index (χ0n) is 12.5. The van der Waals surface area contributed by atoms with Gasteiger partial charge in [0.1, 0.15) is 4.88 Å². The first-order valence-corrected chi connectivity index (χ1v) is 9.54. The number of likely N-dealkylation sites (tertiary alicyclic amines) is 1. The third kappa shape index (κ3) is 2.77. The standard InChI is InChI=1S/C15H19NO4S2/c1-21-9-13(17)16-5-3-15(4-6-16)10-8-12(14(18)19)22-11(10)2-7-20-15/h8H,2-7,9H2,1H3,(H,18,19). The summed E-state index contributed by atoms with van der Waals surface area (Å²) in [4.78, 5) is 26.6. The van der Waals surface area contributed by atoms with Crippen LogP contribution in [0, 0.1) is 0 Å². The summed E-state index contributed by atoms with van der Waals surface area (Å²) in [5.74, 6) is -0.183. The van der Waals surface area contributed by atoms with E-state index in [0.29, 0.717) is 30.3 Å². The van der Waals surface area contributed by atoms with Crippen molar-refractivity contribution in [2.75, 3.05) is 31.7 Å². The van der Waals surface area contributed by atoms with E-state index in [1.807, 2.05) is 11.2 Å². The second kappa shape index (κ2) is 6.22. The van der Waals surface area contributed by atoms with Crippen LogP contribution in [0.5, 0.6) is 0 Å². The second-order valence-electron chi connectivity index (χ2n) is 5.66. The quantitative estimate of drug-likeness (QED) is 0.913. The second-order valence-corrected chi connectivity index (χ2v) is 7.66. The third-order valence-electron chi connectivity index (χ3n) is 4.41. The Morgan fingerprint density at radius 2 is 2.18 bits per heavy atom. The molecule has 0 radical (unpaired) electrons. The van der Waals surface area contributed by atoms with E-state index in [2.05, 4.69) is 0 Å². The topological polar surface area (TPSA) is 66.8 Å². The van der Waals surface area contributed by atoms with Crippen molar-refractivity contribution in [2.24, 2.45) is 0 Å². The first-order chi connectivity index (χ1) is 10.6. The van der Waals surface area contributed by atoms with Crippen molar-refractivity contribution in [1.29, 1.82) is 0 Å². The van der Waals surface area contributed by atoms with E-state index in [4.69, 9.17) is 4.74 Å². The molecule has 7 heteroatoms. The Hall–Kier alpha value is -1.05. The number of piperidine rings is 1. The Morgan fingerprint density at radius 1 is 1.45 bits per heavy atom. The van der Waals surface area contributed by atoms with Gasteiger partial charge in [-0.1, -0.05) is 0 Å². The van der Waals surface area contributed by atoms with E-state index in [1.54, 1.807) is 6.07 Å². The molecule has 2 aliphatic heterocycles. The van der Waals surface area contributed by atoms with Gasteiger partial charge in [-0.15, -0.1) is 11.3 Å². The summed E-state index contributed by atoms with van der Waals surface area (Å²) in [6, 6.07) is 1.78.